The zero-order valence-electron chi connectivity index (χ0n) is 4.29. The second-order valence-corrected chi connectivity index (χ2v) is 2.56. The lowest BCUT2D eigenvalue weighted by molar-refractivity contribution is 0.0619. The molecule has 1 fully saturated rings. The molecule has 1 aliphatic rings. The van der Waals surface area contributed by atoms with Gasteiger partial charge in [0.15, 0.2) is 0 Å². The minimum atomic E-state index is -0.0487. The van der Waals surface area contributed by atoms with Crippen LogP contribution in [0.2, 0.25) is 0 Å². The van der Waals surface area contributed by atoms with Gasteiger partial charge in [-0.3, -0.25) is 0 Å². The summed E-state index contributed by atoms with van der Waals surface area (Å²) in [5.41, 5.74) is 0. The minimum Gasteiger partial charge on any atom is -0.390 e. The van der Waals surface area contributed by atoms with Crippen molar-refractivity contribution in [3.63, 3.8) is 0 Å². The third kappa shape index (κ3) is 1.08. The van der Waals surface area contributed by atoms with Crippen LogP contribution < -0.4 is 0 Å². The molecule has 42 valence electrons. The standard InChI is InChI=1S/C4H9NOS/c1-7-5-2-4(6)3-5/h4,6H,2-3H2,1H3. The highest BCUT2D eigenvalue weighted by Gasteiger charge is 2.22. The number of nitrogens with zero attached hydrogens (tertiary/aromatic N) is 1. The summed E-state index contributed by atoms with van der Waals surface area (Å²) >= 11 is 1.69. The molecule has 0 radical (unpaired) electrons. The van der Waals surface area contributed by atoms with Gasteiger partial charge in [0.2, 0.25) is 0 Å². The summed E-state index contributed by atoms with van der Waals surface area (Å²) in [6.07, 6.45) is 1.97. The van der Waals surface area contributed by atoms with Crippen LogP contribution in [0.5, 0.6) is 0 Å². The van der Waals surface area contributed by atoms with Crippen LogP contribution in [0.25, 0.3) is 0 Å². The molecule has 0 saturated carbocycles. The molecule has 0 aliphatic carbocycles. The van der Waals surface area contributed by atoms with E-state index in [-0.39, 0.29) is 6.10 Å². The summed E-state index contributed by atoms with van der Waals surface area (Å²) < 4.78 is 2.12. The van der Waals surface area contributed by atoms with E-state index >= 15 is 0 Å². The number of rotatable bonds is 1. The maximum Gasteiger partial charge on any atom is 0.0812 e. The van der Waals surface area contributed by atoms with Crippen molar-refractivity contribution in [1.82, 2.24) is 4.31 Å². The van der Waals surface area contributed by atoms with Crippen molar-refractivity contribution in [3.8, 4) is 0 Å². The Kier molecular flexibility index (Phi) is 1.57. The van der Waals surface area contributed by atoms with Crippen LogP contribution in [0.3, 0.4) is 0 Å². The van der Waals surface area contributed by atoms with Gasteiger partial charge < -0.3 is 5.11 Å². The maximum atomic E-state index is 8.69. The average Bonchev–Trinajstić information content (AvgIpc) is 1.58. The molecular formula is C4H9NOS. The predicted molar refractivity (Wildman–Crippen MR) is 31.1 cm³/mol. The van der Waals surface area contributed by atoms with Crippen LogP contribution in [0, 0.1) is 0 Å². The fraction of sp³-hybridized carbons (Fsp3) is 1.00. The molecule has 0 aromatic carbocycles. The number of β-amino-alcohol motifs (C(OH)–C–C–N with tert-alkyl or cyclic N) is 1. The van der Waals surface area contributed by atoms with Gasteiger partial charge in [0.25, 0.3) is 0 Å². The Morgan fingerprint density at radius 1 is 1.71 bits per heavy atom. The van der Waals surface area contributed by atoms with Crippen LogP contribution in [-0.4, -0.2) is 34.9 Å². The van der Waals surface area contributed by atoms with Crippen LogP contribution in [0.4, 0.5) is 0 Å². The second kappa shape index (κ2) is 2.03. The Balaban J connectivity index is 2.06. The molecule has 1 heterocycles. The Morgan fingerprint density at radius 3 is 2.43 bits per heavy atom. The van der Waals surface area contributed by atoms with E-state index < -0.39 is 0 Å². The van der Waals surface area contributed by atoms with Crippen LogP contribution in [0.15, 0.2) is 0 Å². The molecule has 0 unspecified atom stereocenters. The highest BCUT2D eigenvalue weighted by Crippen LogP contribution is 2.15. The first kappa shape index (κ1) is 5.41. The third-order valence-electron chi connectivity index (χ3n) is 1.09. The van der Waals surface area contributed by atoms with Crippen molar-refractivity contribution in [1.29, 1.82) is 0 Å². The van der Waals surface area contributed by atoms with Gasteiger partial charge in [-0.15, -0.1) is 0 Å². The second-order valence-electron chi connectivity index (χ2n) is 1.68. The summed E-state index contributed by atoms with van der Waals surface area (Å²) in [6, 6.07) is 0. The average molecular weight is 119 g/mol. The number of hydrogen-bond donors (Lipinski definition) is 1. The largest absolute Gasteiger partial charge is 0.390 e. The number of aliphatic hydroxyl groups is 1. The molecule has 0 atom stereocenters. The van der Waals surface area contributed by atoms with Gasteiger partial charge >= 0.3 is 0 Å². The van der Waals surface area contributed by atoms with Gasteiger partial charge in [-0.1, -0.05) is 11.9 Å². The molecule has 7 heavy (non-hydrogen) atoms. The van der Waals surface area contributed by atoms with Crippen molar-refractivity contribution >= 4 is 11.9 Å². The molecule has 0 aromatic heterocycles. The normalized spacial score (nSPS) is 24.9. The molecule has 0 amide bonds. The zero-order chi connectivity index (χ0) is 5.28. The lowest BCUT2D eigenvalue weighted by Crippen LogP contribution is -2.45. The van der Waals surface area contributed by atoms with E-state index in [2.05, 4.69) is 4.31 Å². The summed E-state index contributed by atoms with van der Waals surface area (Å²) in [7, 11) is 0. The Labute approximate surface area is 47.6 Å². The molecule has 0 spiro atoms. The quantitative estimate of drug-likeness (QED) is 0.489. The molecule has 1 rings (SSSR count). The first-order chi connectivity index (χ1) is 3.33. The lowest BCUT2D eigenvalue weighted by atomic mass is 10.2. The van der Waals surface area contributed by atoms with E-state index in [1.54, 1.807) is 11.9 Å². The van der Waals surface area contributed by atoms with E-state index in [0.717, 1.165) is 13.1 Å². The van der Waals surface area contributed by atoms with Gasteiger partial charge in [0.1, 0.15) is 0 Å². The maximum absolute atomic E-state index is 8.69. The smallest absolute Gasteiger partial charge is 0.0812 e. The molecule has 1 saturated heterocycles. The topological polar surface area (TPSA) is 23.5 Å². The summed E-state index contributed by atoms with van der Waals surface area (Å²) in [5.74, 6) is 0. The molecular weight excluding hydrogens is 110 g/mol. The van der Waals surface area contributed by atoms with E-state index in [0.29, 0.717) is 0 Å². The predicted octanol–water partition coefficient (Wildman–Crippen LogP) is -0.0591. The van der Waals surface area contributed by atoms with Crippen molar-refractivity contribution < 1.29 is 5.11 Å². The third-order valence-corrected chi connectivity index (χ3v) is 1.90. The van der Waals surface area contributed by atoms with Crippen molar-refractivity contribution in [2.45, 2.75) is 6.10 Å². The Morgan fingerprint density at radius 2 is 2.29 bits per heavy atom. The first-order valence-corrected chi connectivity index (χ1v) is 3.48. The van der Waals surface area contributed by atoms with E-state index in [4.69, 9.17) is 5.11 Å². The van der Waals surface area contributed by atoms with E-state index in [1.807, 2.05) is 6.26 Å². The van der Waals surface area contributed by atoms with Crippen molar-refractivity contribution in [2.24, 2.45) is 0 Å². The van der Waals surface area contributed by atoms with Crippen LogP contribution in [-0.2, 0) is 0 Å². The molecule has 1 N–H and O–H groups in total. The van der Waals surface area contributed by atoms with Gasteiger partial charge in [-0.2, -0.15) is 0 Å². The molecule has 0 aromatic rings. The molecule has 2 nitrogen and oxygen atoms in total. The summed E-state index contributed by atoms with van der Waals surface area (Å²) in [4.78, 5) is 0. The molecule has 0 bridgehead atoms. The highest BCUT2D eigenvalue weighted by molar-refractivity contribution is 7.96. The minimum absolute atomic E-state index is 0.0487. The Hall–Kier alpha value is 0.270. The van der Waals surface area contributed by atoms with Crippen molar-refractivity contribution in [2.75, 3.05) is 19.3 Å². The lowest BCUT2D eigenvalue weighted by Gasteiger charge is -2.33. The van der Waals surface area contributed by atoms with E-state index in [1.165, 1.54) is 0 Å². The fourth-order valence-corrected chi connectivity index (χ4v) is 1.21. The SMILES string of the molecule is CSN1CC(O)C1. The molecule has 1 aliphatic heterocycles. The van der Waals surface area contributed by atoms with Gasteiger partial charge in [-0.05, 0) is 6.26 Å². The van der Waals surface area contributed by atoms with Gasteiger partial charge in [0, 0.05) is 13.1 Å². The summed E-state index contributed by atoms with van der Waals surface area (Å²) in [5, 5.41) is 8.69. The summed E-state index contributed by atoms with van der Waals surface area (Å²) in [6.45, 7) is 1.70. The monoisotopic (exact) mass is 119 g/mol. The zero-order valence-corrected chi connectivity index (χ0v) is 5.11. The number of aliphatic hydroxyl groups excluding tert-OH is 1. The number of hydrogen-bond acceptors (Lipinski definition) is 3. The fourth-order valence-electron chi connectivity index (χ4n) is 0.566. The van der Waals surface area contributed by atoms with Crippen molar-refractivity contribution in [3.05, 3.63) is 0 Å². The first-order valence-electron chi connectivity index (χ1n) is 2.30. The van der Waals surface area contributed by atoms with E-state index in [9.17, 15) is 0 Å². The van der Waals surface area contributed by atoms with Gasteiger partial charge in [0.05, 0.1) is 6.10 Å². The van der Waals surface area contributed by atoms with Crippen LogP contribution >= 0.6 is 11.9 Å². The van der Waals surface area contributed by atoms with Crippen LogP contribution in [0.1, 0.15) is 0 Å². The molecule has 3 heteroatoms. The highest BCUT2D eigenvalue weighted by atomic mass is 32.2. The van der Waals surface area contributed by atoms with Gasteiger partial charge in [-0.25, -0.2) is 4.31 Å². The Bertz CT molecular complexity index is 62.7.